The van der Waals surface area contributed by atoms with Crippen molar-refractivity contribution in [3.63, 3.8) is 0 Å². The quantitative estimate of drug-likeness (QED) is 0.626. The zero-order valence-electron chi connectivity index (χ0n) is 14.3. The van der Waals surface area contributed by atoms with Crippen molar-refractivity contribution in [3.8, 4) is 0 Å². The molecule has 0 aromatic heterocycles. The van der Waals surface area contributed by atoms with E-state index in [0.717, 1.165) is 12.3 Å². The van der Waals surface area contributed by atoms with Crippen molar-refractivity contribution in [1.82, 2.24) is 0 Å². The van der Waals surface area contributed by atoms with E-state index in [2.05, 4.69) is 39.8 Å². The van der Waals surface area contributed by atoms with E-state index in [1.807, 2.05) is 0 Å². The number of hydrogen-bond acceptors (Lipinski definition) is 1. The van der Waals surface area contributed by atoms with Gasteiger partial charge in [-0.05, 0) is 78.4 Å². The van der Waals surface area contributed by atoms with E-state index in [-0.39, 0.29) is 11.5 Å². The second kappa shape index (κ2) is 3.96. The molecule has 0 aromatic rings. The molecule has 0 amide bonds. The number of allylic oxidation sites excluding steroid dienone is 2. The first kappa shape index (κ1) is 14.3. The van der Waals surface area contributed by atoms with Crippen molar-refractivity contribution in [2.24, 2.45) is 33.5 Å². The Morgan fingerprint density at radius 2 is 1.57 bits per heavy atom. The fourth-order valence-electron chi connectivity index (χ4n) is 7.35. The Bertz CT molecular complexity index is 492. The molecule has 1 spiro atoms. The van der Waals surface area contributed by atoms with Crippen molar-refractivity contribution in [2.75, 3.05) is 0 Å². The molecule has 3 fully saturated rings. The van der Waals surface area contributed by atoms with Crippen molar-refractivity contribution in [1.29, 1.82) is 0 Å². The molecule has 118 valence electrons. The summed E-state index contributed by atoms with van der Waals surface area (Å²) < 4.78 is 0. The predicted octanol–water partition coefficient (Wildman–Crippen LogP) is 4.95. The summed E-state index contributed by atoms with van der Waals surface area (Å²) in [7, 11) is 0. The maximum atomic E-state index is 10.5. The van der Waals surface area contributed by atoms with Crippen molar-refractivity contribution in [3.05, 3.63) is 12.2 Å². The van der Waals surface area contributed by atoms with Crippen LogP contribution in [-0.4, -0.2) is 11.2 Å². The Kier molecular flexibility index (Phi) is 2.70. The van der Waals surface area contributed by atoms with Gasteiger partial charge in [-0.1, -0.05) is 39.8 Å². The van der Waals surface area contributed by atoms with Crippen LogP contribution in [0.15, 0.2) is 12.2 Å². The van der Waals surface area contributed by atoms with Crippen molar-refractivity contribution >= 4 is 0 Å². The summed E-state index contributed by atoms with van der Waals surface area (Å²) in [5.41, 5.74) is 1.52. The van der Waals surface area contributed by atoms with Gasteiger partial charge in [0.25, 0.3) is 0 Å². The second-order valence-corrected chi connectivity index (χ2v) is 9.96. The highest BCUT2D eigenvalue weighted by Crippen LogP contribution is 2.71. The monoisotopic (exact) mass is 288 g/mol. The van der Waals surface area contributed by atoms with Gasteiger partial charge in [0.15, 0.2) is 0 Å². The minimum atomic E-state index is -0.0994. The van der Waals surface area contributed by atoms with Crippen LogP contribution in [0, 0.1) is 33.5 Å². The molecule has 4 rings (SSSR count). The van der Waals surface area contributed by atoms with Gasteiger partial charge in [0.1, 0.15) is 0 Å². The van der Waals surface area contributed by atoms with E-state index >= 15 is 0 Å². The Balaban J connectivity index is 1.74. The maximum absolute atomic E-state index is 10.5. The van der Waals surface area contributed by atoms with Gasteiger partial charge in [0.2, 0.25) is 0 Å². The Hall–Kier alpha value is -0.300. The third-order valence-electron chi connectivity index (χ3n) is 8.45. The highest BCUT2D eigenvalue weighted by molar-refractivity contribution is 5.25. The Morgan fingerprint density at radius 1 is 0.857 bits per heavy atom. The average molecular weight is 288 g/mol. The summed E-state index contributed by atoms with van der Waals surface area (Å²) in [5, 5.41) is 10.5. The van der Waals surface area contributed by atoms with E-state index in [4.69, 9.17) is 0 Å². The van der Waals surface area contributed by atoms with Gasteiger partial charge in [0, 0.05) is 0 Å². The van der Waals surface area contributed by atoms with E-state index in [1.165, 1.54) is 38.5 Å². The molecule has 0 aromatic carbocycles. The van der Waals surface area contributed by atoms with Gasteiger partial charge >= 0.3 is 0 Å². The van der Waals surface area contributed by atoms with Crippen LogP contribution in [0.2, 0.25) is 0 Å². The third kappa shape index (κ3) is 1.68. The lowest BCUT2D eigenvalue weighted by molar-refractivity contribution is -0.176. The van der Waals surface area contributed by atoms with Crippen LogP contribution in [-0.2, 0) is 0 Å². The first-order valence-electron chi connectivity index (χ1n) is 9.10. The summed E-state index contributed by atoms with van der Waals surface area (Å²) in [5.74, 6) is 1.55. The molecule has 0 aliphatic heterocycles. The number of rotatable bonds is 0. The second-order valence-electron chi connectivity index (χ2n) is 9.96. The fraction of sp³-hybridized carbons (Fsp3) is 0.900. The summed E-state index contributed by atoms with van der Waals surface area (Å²) in [6, 6.07) is 0. The minimum Gasteiger partial charge on any atom is -0.393 e. The van der Waals surface area contributed by atoms with Crippen LogP contribution in [0.3, 0.4) is 0 Å². The number of aliphatic hydroxyl groups excluding tert-OH is 1. The van der Waals surface area contributed by atoms with Gasteiger partial charge in [-0.25, -0.2) is 0 Å². The first-order valence-corrected chi connectivity index (χ1v) is 9.10. The van der Waals surface area contributed by atoms with E-state index in [9.17, 15) is 5.11 Å². The molecule has 2 bridgehead atoms. The maximum Gasteiger partial charge on any atom is 0.0594 e. The lowest BCUT2D eigenvalue weighted by atomic mass is 9.40. The standard InChI is InChI=1S/C20H32O/c1-17(2)14-6-10-20-12-11-18(3,13-20)8-5-15(20)19(14,4)9-7-16(17)21/h11-12,14-16,21H,5-10,13H2,1-4H3/t14-,15+,16-,18+,19-,20-/m1/s1. The van der Waals surface area contributed by atoms with E-state index in [0.29, 0.717) is 22.2 Å². The normalized spacial score (nSPS) is 57.7. The lowest BCUT2D eigenvalue weighted by Crippen LogP contribution is -2.59. The number of hydrogen-bond donors (Lipinski definition) is 1. The van der Waals surface area contributed by atoms with Gasteiger partial charge in [-0.15, -0.1) is 0 Å². The molecule has 1 heteroatoms. The molecule has 1 nitrogen and oxygen atoms in total. The molecule has 0 unspecified atom stereocenters. The SMILES string of the molecule is CC1(C)[C@H](O)CC[C@]2(C)[C@@H]1CC[C@]13C=C[C@](C)(CC[C@H]12)C3. The minimum absolute atomic E-state index is 0.0949. The van der Waals surface area contributed by atoms with Crippen molar-refractivity contribution in [2.45, 2.75) is 78.7 Å². The molecule has 1 N–H and O–H groups in total. The van der Waals surface area contributed by atoms with Gasteiger partial charge in [0.05, 0.1) is 6.10 Å². The van der Waals surface area contributed by atoms with Crippen LogP contribution in [0.1, 0.15) is 72.6 Å². The first-order chi connectivity index (χ1) is 9.72. The van der Waals surface area contributed by atoms with Gasteiger partial charge in [-0.3, -0.25) is 0 Å². The Labute approximate surface area is 130 Å². The molecule has 4 aliphatic carbocycles. The van der Waals surface area contributed by atoms with Crippen LogP contribution in [0.25, 0.3) is 0 Å². The predicted molar refractivity (Wildman–Crippen MR) is 86.9 cm³/mol. The zero-order chi connectivity index (χ0) is 15.1. The molecule has 0 radical (unpaired) electrons. The van der Waals surface area contributed by atoms with Gasteiger partial charge in [-0.2, -0.15) is 0 Å². The fourth-order valence-corrected chi connectivity index (χ4v) is 7.35. The van der Waals surface area contributed by atoms with Crippen LogP contribution in [0.4, 0.5) is 0 Å². The summed E-state index contributed by atoms with van der Waals surface area (Å²) in [6.07, 6.45) is 14.2. The van der Waals surface area contributed by atoms with Gasteiger partial charge < -0.3 is 5.11 Å². The third-order valence-corrected chi connectivity index (χ3v) is 8.45. The lowest BCUT2D eigenvalue weighted by Gasteiger charge is -2.65. The van der Waals surface area contributed by atoms with E-state index in [1.54, 1.807) is 0 Å². The number of fused-ring (bicyclic) bond motifs is 3. The summed E-state index contributed by atoms with van der Waals surface area (Å²) >= 11 is 0. The molecule has 3 saturated carbocycles. The molecule has 21 heavy (non-hydrogen) atoms. The molecule has 0 heterocycles. The van der Waals surface area contributed by atoms with Crippen LogP contribution >= 0.6 is 0 Å². The molecule has 0 saturated heterocycles. The molecular weight excluding hydrogens is 256 g/mol. The average Bonchev–Trinajstić information content (AvgIpc) is 2.65. The molecule has 6 atom stereocenters. The summed E-state index contributed by atoms with van der Waals surface area (Å²) in [6.45, 7) is 9.70. The Morgan fingerprint density at radius 3 is 2.33 bits per heavy atom. The van der Waals surface area contributed by atoms with E-state index < -0.39 is 0 Å². The molecular formula is C20H32O. The largest absolute Gasteiger partial charge is 0.393 e. The zero-order valence-corrected chi connectivity index (χ0v) is 14.3. The highest BCUT2D eigenvalue weighted by atomic mass is 16.3. The summed E-state index contributed by atoms with van der Waals surface area (Å²) in [4.78, 5) is 0. The van der Waals surface area contributed by atoms with Crippen molar-refractivity contribution < 1.29 is 5.11 Å². The number of aliphatic hydroxyl groups is 1. The van der Waals surface area contributed by atoms with Crippen LogP contribution in [0.5, 0.6) is 0 Å². The highest BCUT2D eigenvalue weighted by Gasteiger charge is 2.64. The topological polar surface area (TPSA) is 20.2 Å². The van der Waals surface area contributed by atoms with Crippen LogP contribution < -0.4 is 0 Å². The smallest absolute Gasteiger partial charge is 0.0594 e. The molecule has 4 aliphatic rings.